The first kappa shape index (κ1) is 18.5. The predicted molar refractivity (Wildman–Crippen MR) is 102 cm³/mol. The second-order valence-electron chi connectivity index (χ2n) is 7.38. The van der Waals surface area contributed by atoms with E-state index in [2.05, 4.69) is 14.8 Å². The lowest BCUT2D eigenvalue weighted by Gasteiger charge is -2.30. The van der Waals surface area contributed by atoms with E-state index < -0.39 is 0 Å². The first-order valence-corrected chi connectivity index (χ1v) is 9.63. The van der Waals surface area contributed by atoms with Gasteiger partial charge in [0.2, 0.25) is 5.91 Å². The first-order chi connectivity index (χ1) is 13.5. The number of amides is 2. The quantitative estimate of drug-likeness (QED) is 0.809. The molecule has 0 spiro atoms. The molecule has 28 heavy (non-hydrogen) atoms. The van der Waals surface area contributed by atoms with E-state index in [-0.39, 0.29) is 17.9 Å². The summed E-state index contributed by atoms with van der Waals surface area (Å²) >= 11 is 0. The number of aryl methyl sites for hydroxylation is 1. The number of hydrogen-bond donors (Lipinski definition) is 0. The van der Waals surface area contributed by atoms with Crippen LogP contribution in [0.15, 0.2) is 18.2 Å². The molecule has 0 N–H and O–H groups in total. The zero-order valence-corrected chi connectivity index (χ0v) is 16.5. The standard InChI is InChI=1S/C20H25N5O3/c1-13-6-4-7-15(18(13)28-3)20(27)23-10-11-25-17(12-23)21-22-19(25)16-8-5-9-24(16)14(2)26/h4,6-7,16H,5,8-12H2,1-3H3. The molecule has 0 saturated carbocycles. The van der Waals surface area contributed by atoms with Crippen LogP contribution in [0.1, 0.15) is 53.4 Å². The Labute approximate surface area is 164 Å². The van der Waals surface area contributed by atoms with Gasteiger partial charge in [0.1, 0.15) is 5.75 Å². The van der Waals surface area contributed by atoms with Gasteiger partial charge in [-0.3, -0.25) is 9.59 Å². The van der Waals surface area contributed by atoms with Crippen LogP contribution in [-0.2, 0) is 17.9 Å². The van der Waals surface area contributed by atoms with E-state index in [0.29, 0.717) is 30.9 Å². The first-order valence-electron chi connectivity index (χ1n) is 9.63. The van der Waals surface area contributed by atoms with Crippen molar-refractivity contribution in [2.75, 3.05) is 20.2 Å². The highest BCUT2D eigenvalue weighted by Gasteiger charge is 2.35. The summed E-state index contributed by atoms with van der Waals surface area (Å²) in [7, 11) is 1.58. The van der Waals surface area contributed by atoms with Gasteiger partial charge >= 0.3 is 0 Å². The van der Waals surface area contributed by atoms with Crippen molar-refractivity contribution in [1.29, 1.82) is 0 Å². The van der Waals surface area contributed by atoms with Crippen LogP contribution in [0, 0.1) is 6.92 Å². The van der Waals surface area contributed by atoms with Crippen LogP contribution >= 0.6 is 0 Å². The Morgan fingerprint density at radius 2 is 2.00 bits per heavy atom. The summed E-state index contributed by atoms with van der Waals surface area (Å²) < 4.78 is 7.52. The topological polar surface area (TPSA) is 80.6 Å². The zero-order valence-electron chi connectivity index (χ0n) is 16.5. The fourth-order valence-electron chi connectivity index (χ4n) is 4.27. The van der Waals surface area contributed by atoms with Crippen LogP contribution in [-0.4, -0.2) is 56.6 Å². The molecule has 0 aliphatic carbocycles. The zero-order chi connectivity index (χ0) is 19.8. The largest absolute Gasteiger partial charge is 0.496 e. The Bertz CT molecular complexity index is 923. The van der Waals surface area contributed by atoms with Gasteiger partial charge in [0, 0.05) is 26.6 Å². The maximum absolute atomic E-state index is 13.1. The van der Waals surface area contributed by atoms with E-state index in [1.165, 1.54) is 0 Å². The monoisotopic (exact) mass is 383 g/mol. The van der Waals surface area contributed by atoms with Crippen LogP contribution in [0.3, 0.4) is 0 Å². The number of likely N-dealkylation sites (tertiary alicyclic amines) is 1. The van der Waals surface area contributed by atoms with Crippen molar-refractivity contribution in [3.05, 3.63) is 41.0 Å². The molecule has 2 aliphatic rings. The maximum atomic E-state index is 13.1. The smallest absolute Gasteiger partial charge is 0.258 e. The van der Waals surface area contributed by atoms with Gasteiger partial charge in [-0.15, -0.1) is 10.2 Å². The second kappa shape index (κ2) is 7.26. The van der Waals surface area contributed by atoms with Gasteiger partial charge in [0.25, 0.3) is 5.91 Å². The van der Waals surface area contributed by atoms with Crippen molar-refractivity contribution in [2.24, 2.45) is 0 Å². The third-order valence-corrected chi connectivity index (χ3v) is 5.67. The third-order valence-electron chi connectivity index (χ3n) is 5.67. The number of aromatic nitrogens is 3. The summed E-state index contributed by atoms with van der Waals surface area (Å²) in [6, 6.07) is 5.57. The van der Waals surface area contributed by atoms with E-state index in [1.807, 2.05) is 24.0 Å². The molecule has 1 atom stereocenters. The molecule has 1 aromatic carbocycles. The van der Waals surface area contributed by atoms with Gasteiger partial charge in [0.15, 0.2) is 11.6 Å². The molecule has 4 rings (SSSR count). The van der Waals surface area contributed by atoms with Gasteiger partial charge in [0.05, 0.1) is 25.3 Å². The molecule has 2 aromatic rings. The summed E-state index contributed by atoms with van der Waals surface area (Å²) in [4.78, 5) is 28.6. The van der Waals surface area contributed by atoms with Crippen LogP contribution in [0.2, 0.25) is 0 Å². The Morgan fingerprint density at radius 3 is 2.75 bits per heavy atom. The number of carbonyl (C=O) groups excluding carboxylic acids is 2. The number of para-hydroxylation sites is 1. The minimum Gasteiger partial charge on any atom is -0.496 e. The minimum atomic E-state index is -0.0671. The molecule has 2 aliphatic heterocycles. The fraction of sp³-hybridized carbons (Fsp3) is 0.500. The molecule has 2 amide bonds. The van der Waals surface area contributed by atoms with E-state index >= 15 is 0 Å². The average Bonchev–Trinajstić information content (AvgIpc) is 3.33. The summed E-state index contributed by atoms with van der Waals surface area (Å²) in [6.07, 6.45) is 1.88. The van der Waals surface area contributed by atoms with Gasteiger partial charge < -0.3 is 19.1 Å². The summed E-state index contributed by atoms with van der Waals surface area (Å²) in [5.74, 6) is 2.21. The number of benzene rings is 1. The Hall–Kier alpha value is -2.90. The molecule has 1 saturated heterocycles. The lowest BCUT2D eigenvalue weighted by atomic mass is 10.1. The normalized spacial score (nSPS) is 18.9. The maximum Gasteiger partial charge on any atom is 0.258 e. The molecule has 8 nitrogen and oxygen atoms in total. The van der Waals surface area contributed by atoms with Gasteiger partial charge in [-0.05, 0) is 31.4 Å². The molecule has 1 unspecified atom stereocenters. The van der Waals surface area contributed by atoms with Crippen LogP contribution in [0.5, 0.6) is 5.75 Å². The number of fused-ring (bicyclic) bond motifs is 1. The van der Waals surface area contributed by atoms with Crippen molar-refractivity contribution in [3.8, 4) is 5.75 Å². The highest BCUT2D eigenvalue weighted by Crippen LogP contribution is 2.32. The van der Waals surface area contributed by atoms with E-state index in [0.717, 1.165) is 36.6 Å². The molecule has 8 heteroatoms. The van der Waals surface area contributed by atoms with Gasteiger partial charge in [-0.1, -0.05) is 12.1 Å². The fourth-order valence-corrected chi connectivity index (χ4v) is 4.27. The van der Waals surface area contributed by atoms with Crippen molar-refractivity contribution >= 4 is 11.8 Å². The Morgan fingerprint density at radius 1 is 1.18 bits per heavy atom. The number of ether oxygens (including phenoxy) is 1. The van der Waals surface area contributed by atoms with Crippen molar-refractivity contribution in [2.45, 2.75) is 45.8 Å². The SMILES string of the molecule is COc1c(C)cccc1C(=O)N1CCn2c(nnc2C2CCCN2C(C)=O)C1. The van der Waals surface area contributed by atoms with Gasteiger partial charge in [-0.2, -0.15) is 0 Å². The highest BCUT2D eigenvalue weighted by molar-refractivity contribution is 5.97. The predicted octanol–water partition coefficient (Wildman–Crippen LogP) is 1.93. The molecule has 3 heterocycles. The van der Waals surface area contributed by atoms with E-state index in [1.54, 1.807) is 25.0 Å². The van der Waals surface area contributed by atoms with Crippen molar-refractivity contribution in [3.63, 3.8) is 0 Å². The molecule has 148 valence electrons. The van der Waals surface area contributed by atoms with Crippen LogP contribution < -0.4 is 4.74 Å². The number of methoxy groups -OCH3 is 1. The number of nitrogens with zero attached hydrogens (tertiary/aromatic N) is 5. The lowest BCUT2D eigenvalue weighted by molar-refractivity contribution is -0.129. The molecule has 1 fully saturated rings. The van der Waals surface area contributed by atoms with Crippen LogP contribution in [0.25, 0.3) is 0 Å². The number of carbonyl (C=O) groups is 2. The number of hydrogen-bond acceptors (Lipinski definition) is 5. The molecule has 1 aromatic heterocycles. The van der Waals surface area contributed by atoms with Crippen molar-refractivity contribution in [1.82, 2.24) is 24.6 Å². The average molecular weight is 383 g/mol. The number of rotatable bonds is 3. The minimum absolute atomic E-state index is 0.0159. The Kier molecular flexibility index (Phi) is 4.78. The summed E-state index contributed by atoms with van der Waals surface area (Å²) in [6.45, 7) is 5.88. The molecule has 0 bridgehead atoms. The lowest BCUT2D eigenvalue weighted by Crippen LogP contribution is -2.39. The molecular weight excluding hydrogens is 358 g/mol. The summed E-state index contributed by atoms with van der Waals surface area (Å²) in [5.41, 5.74) is 1.50. The molecular formula is C20H25N5O3. The van der Waals surface area contributed by atoms with Crippen LogP contribution in [0.4, 0.5) is 0 Å². The van der Waals surface area contributed by atoms with Crippen molar-refractivity contribution < 1.29 is 14.3 Å². The van der Waals surface area contributed by atoms with Gasteiger partial charge in [-0.25, -0.2) is 0 Å². The second-order valence-corrected chi connectivity index (χ2v) is 7.38. The van der Waals surface area contributed by atoms with E-state index in [9.17, 15) is 9.59 Å². The van der Waals surface area contributed by atoms with E-state index in [4.69, 9.17) is 4.74 Å². The summed E-state index contributed by atoms with van der Waals surface area (Å²) in [5, 5.41) is 8.71. The molecule has 0 radical (unpaired) electrons. The highest BCUT2D eigenvalue weighted by atomic mass is 16.5. The Balaban J connectivity index is 1.57. The third kappa shape index (κ3) is 3.02.